The van der Waals surface area contributed by atoms with Gasteiger partial charge in [-0.2, -0.15) is 0 Å². The minimum Gasteiger partial charge on any atom is -0.459 e. The molecule has 2 atom stereocenters. The van der Waals surface area contributed by atoms with E-state index in [9.17, 15) is 52.5 Å². The van der Waals surface area contributed by atoms with Crippen molar-refractivity contribution >= 4 is 51.1 Å². The second-order valence-electron chi connectivity index (χ2n) is 13.1. The summed E-state index contributed by atoms with van der Waals surface area (Å²) in [4.78, 5) is 79.5. The molecule has 0 saturated heterocycles. The van der Waals surface area contributed by atoms with Crippen LogP contribution in [-0.4, -0.2) is 115 Å². The van der Waals surface area contributed by atoms with E-state index in [1.54, 1.807) is 25.1 Å². The zero-order chi connectivity index (χ0) is 40.6. The SMILES string of the molecule is Cc1ccc(Cc2ccc(N3C(=O)c4ccc(S(=O)(=O)c5ccc6c(c5)C(=O)N(C)C6=O)cc4C3=O)c(C(=O)OCC(O)CO)c2)cc1C(=O)OCC(O)CO. The highest BCUT2D eigenvalue weighted by Gasteiger charge is 2.40. The minimum absolute atomic E-state index is 0.0354. The Balaban J connectivity index is 1.32. The normalized spacial score (nSPS) is 14.8. The molecule has 2 aliphatic rings. The Kier molecular flexibility index (Phi) is 11.0. The molecule has 290 valence electrons. The van der Waals surface area contributed by atoms with E-state index < -0.39 is 84.0 Å². The smallest absolute Gasteiger partial charge is 0.340 e. The van der Waals surface area contributed by atoms with E-state index >= 15 is 0 Å². The first-order valence-corrected chi connectivity index (χ1v) is 18.4. The Morgan fingerprint density at radius 2 is 1.11 bits per heavy atom. The van der Waals surface area contributed by atoms with E-state index in [4.69, 9.17) is 14.6 Å². The van der Waals surface area contributed by atoms with Gasteiger partial charge in [0.05, 0.1) is 62.1 Å². The first-order valence-electron chi connectivity index (χ1n) is 17.0. The molecular weight excluding hydrogens is 752 g/mol. The lowest BCUT2D eigenvalue weighted by Crippen LogP contribution is -2.31. The molecule has 16 nitrogen and oxygen atoms in total. The van der Waals surface area contributed by atoms with Crippen molar-refractivity contribution in [2.45, 2.75) is 35.3 Å². The summed E-state index contributed by atoms with van der Waals surface area (Å²) in [5.74, 6) is -4.94. The number of nitrogens with zero attached hydrogens (tertiary/aromatic N) is 2. The summed E-state index contributed by atoms with van der Waals surface area (Å²) >= 11 is 0. The molecule has 0 spiro atoms. The van der Waals surface area contributed by atoms with Crippen LogP contribution in [0.4, 0.5) is 5.69 Å². The fourth-order valence-corrected chi connectivity index (χ4v) is 7.45. The number of aliphatic hydroxyl groups is 4. The lowest BCUT2D eigenvalue weighted by Gasteiger charge is -2.19. The van der Waals surface area contributed by atoms with Crippen LogP contribution < -0.4 is 4.90 Å². The number of fused-ring (bicyclic) bond motifs is 2. The molecule has 4 N–H and O–H groups in total. The second-order valence-corrected chi connectivity index (χ2v) is 15.0. The van der Waals surface area contributed by atoms with Crippen LogP contribution in [0.2, 0.25) is 0 Å². The van der Waals surface area contributed by atoms with E-state index in [0.717, 1.165) is 35.2 Å². The first-order chi connectivity index (χ1) is 26.6. The van der Waals surface area contributed by atoms with E-state index in [2.05, 4.69) is 0 Å². The van der Waals surface area contributed by atoms with Gasteiger partial charge < -0.3 is 29.9 Å². The van der Waals surface area contributed by atoms with E-state index in [-0.39, 0.29) is 55.3 Å². The number of amides is 4. The molecule has 6 rings (SSSR count). The number of imide groups is 2. The number of aliphatic hydroxyl groups excluding tert-OH is 4. The summed E-state index contributed by atoms with van der Waals surface area (Å²) in [5, 5.41) is 37.6. The Morgan fingerprint density at radius 1 is 0.643 bits per heavy atom. The van der Waals surface area contributed by atoms with Gasteiger partial charge in [0, 0.05) is 7.05 Å². The van der Waals surface area contributed by atoms with Crippen LogP contribution in [0, 0.1) is 6.92 Å². The molecule has 0 radical (unpaired) electrons. The number of anilines is 1. The number of rotatable bonds is 13. The van der Waals surface area contributed by atoms with Crippen molar-refractivity contribution in [3.8, 4) is 0 Å². The van der Waals surface area contributed by atoms with Gasteiger partial charge in [0.1, 0.15) is 25.4 Å². The van der Waals surface area contributed by atoms with Crippen LogP contribution in [0.5, 0.6) is 0 Å². The topological polar surface area (TPSA) is 242 Å². The fraction of sp³-hybridized carbons (Fsp3) is 0.231. The van der Waals surface area contributed by atoms with Gasteiger partial charge in [-0.05, 0) is 84.6 Å². The van der Waals surface area contributed by atoms with Crippen molar-refractivity contribution in [3.63, 3.8) is 0 Å². The molecule has 0 fully saturated rings. The average Bonchev–Trinajstić information content (AvgIpc) is 3.58. The van der Waals surface area contributed by atoms with Crippen LogP contribution >= 0.6 is 0 Å². The van der Waals surface area contributed by atoms with Crippen molar-refractivity contribution in [3.05, 3.63) is 123 Å². The number of benzene rings is 4. The third-order valence-corrected chi connectivity index (χ3v) is 11.0. The maximum atomic E-state index is 13.9. The van der Waals surface area contributed by atoms with Crippen LogP contribution in [0.1, 0.15) is 78.8 Å². The number of esters is 2. The lowest BCUT2D eigenvalue weighted by molar-refractivity contribution is 0.00899. The van der Waals surface area contributed by atoms with E-state index in [1.165, 1.54) is 31.3 Å². The molecule has 17 heteroatoms. The van der Waals surface area contributed by atoms with Gasteiger partial charge in [-0.3, -0.25) is 24.1 Å². The molecule has 2 heterocycles. The Labute approximate surface area is 319 Å². The molecule has 4 aromatic rings. The first kappa shape index (κ1) is 39.6. The zero-order valence-electron chi connectivity index (χ0n) is 29.8. The monoisotopic (exact) mass is 786 g/mol. The Morgan fingerprint density at radius 3 is 1.68 bits per heavy atom. The fourth-order valence-electron chi connectivity index (χ4n) is 6.14. The van der Waals surface area contributed by atoms with Gasteiger partial charge in [-0.25, -0.2) is 22.9 Å². The minimum atomic E-state index is -4.39. The van der Waals surface area contributed by atoms with Crippen molar-refractivity contribution in [2.24, 2.45) is 0 Å². The summed E-state index contributed by atoms with van der Waals surface area (Å²) in [6.45, 7) is -0.708. The molecule has 2 aliphatic heterocycles. The van der Waals surface area contributed by atoms with Gasteiger partial charge in [0.25, 0.3) is 23.6 Å². The van der Waals surface area contributed by atoms with Crippen LogP contribution in [0.25, 0.3) is 0 Å². The predicted octanol–water partition coefficient (Wildman–Crippen LogP) is 1.47. The highest BCUT2D eigenvalue weighted by Crippen LogP contribution is 2.35. The largest absolute Gasteiger partial charge is 0.459 e. The quantitative estimate of drug-likeness (QED) is 0.111. The number of hydrogen-bond acceptors (Lipinski definition) is 14. The number of carbonyl (C=O) groups is 6. The highest BCUT2D eigenvalue weighted by molar-refractivity contribution is 7.91. The summed E-state index contributed by atoms with van der Waals surface area (Å²) in [6.07, 6.45) is -2.57. The standard InChI is InChI=1S/C39H34N2O14S/c1-20-3-4-21(12-29(20)38(50)54-18-23(44)16-42)11-22-5-10-33(32(13-22)39(51)55-19-24(45)17-43)41-36(48)28-9-7-26(15-31(28)37(41)49)56(52,53)25-6-8-27-30(14-25)35(47)40(2)34(27)46/h3-10,12-15,23-24,42-45H,11,16-19H2,1-2H3. The number of ether oxygens (including phenoxy) is 2. The summed E-state index contributed by atoms with van der Waals surface area (Å²) in [5.41, 5.74) is 0.718. The molecular formula is C39H34N2O14S. The van der Waals surface area contributed by atoms with E-state index in [1.807, 2.05) is 0 Å². The molecule has 0 bridgehead atoms. The van der Waals surface area contributed by atoms with E-state index in [0.29, 0.717) is 21.6 Å². The molecule has 4 aromatic carbocycles. The van der Waals surface area contributed by atoms with Crippen molar-refractivity contribution in [1.82, 2.24) is 4.90 Å². The number of sulfone groups is 1. The molecule has 2 unspecified atom stereocenters. The third kappa shape index (κ3) is 7.33. The predicted molar refractivity (Wildman–Crippen MR) is 193 cm³/mol. The molecule has 56 heavy (non-hydrogen) atoms. The summed E-state index contributed by atoms with van der Waals surface area (Å²) < 4.78 is 37.7. The van der Waals surface area contributed by atoms with Crippen molar-refractivity contribution in [1.29, 1.82) is 0 Å². The molecule has 0 aromatic heterocycles. The lowest BCUT2D eigenvalue weighted by atomic mass is 9.98. The van der Waals surface area contributed by atoms with Gasteiger partial charge in [-0.1, -0.05) is 18.2 Å². The molecule has 4 amide bonds. The number of carbonyl (C=O) groups excluding carboxylic acids is 6. The van der Waals surface area contributed by atoms with Crippen molar-refractivity contribution in [2.75, 3.05) is 38.4 Å². The van der Waals surface area contributed by atoms with Gasteiger partial charge in [0.15, 0.2) is 0 Å². The Hall–Kier alpha value is -6.11. The summed E-state index contributed by atoms with van der Waals surface area (Å²) in [6, 6.07) is 15.8. The molecule has 0 saturated carbocycles. The number of aryl methyl sites for hydroxylation is 1. The van der Waals surface area contributed by atoms with Gasteiger partial charge >= 0.3 is 11.9 Å². The Bertz CT molecular complexity index is 2440. The van der Waals surface area contributed by atoms with Crippen molar-refractivity contribution < 1.29 is 67.1 Å². The average molecular weight is 787 g/mol. The van der Waals surface area contributed by atoms with Crippen LogP contribution in [-0.2, 0) is 25.7 Å². The van der Waals surface area contributed by atoms with Crippen LogP contribution in [0.3, 0.4) is 0 Å². The number of hydrogen-bond donors (Lipinski definition) is 4. The molecule has 0 aliphatic carbocycles. The zero-order valence-corrected chi connectivity index (χ0v) is 30.6. The van der Waals surface area contributed by atoms with Gasteiger partial charge in [0.2, 0.25) is 9.84 Å². The second kappa shape index (κ2) is 15.6. The third-order valence-electron chi connectivity index (χ3n) is 9.23. The maximum absolute atomic E-state index is 13.9. The van der Waals surface area contributed by atoms with Gasteiger partial charge in [-0.15, -0.1) is 0 Å². The summed E-state index contributed by atoms with van der Waals surface area (Å²) in [7, 11) is -3.13. The van der Waals surface area contributed by atoms with Crippen LogP contribution in [0.15, 0.2) is 82.6 Å². The highest BCUT2D eigenvalue weighted by atomic mass is 32.2. The maximum Gasteiger partial charge on any atom is 0.340 e.